The summed E-state index contributed by atoms with van der Waals surface area (Å²) in [4.78, 5) is 18.0. The molecule has 0 aliphatic heterocycles. The van der Waals surface area contributed by atoms with E-state index in [0.29, 0.717) is 24.7 Å². The molecule has 0 radical (unpaired) electrons. The first kappa shape index (κ1) is 16.3. The van der Waals surface area contributed by atoms with Gasteiger partial charge in [-0.3, -0.25) is 9.59 Å². The van der Waals surface area contributed by atoms with Crippen molar-refractivity contribution < 1.29 is 47.3 Å². The summed E-state index contributed by atoms with van der Waals surface area (Å²) in [5, 5.41) is 14.8. The molecule has 58 valence electrons. The van der Waals surface area contributed by atoms with Gasteiger partial charge in [-0.25, -0.2) is 0 Å². The van der Waals surface area contributed by atoms with Gasteiger partial charge < -0.3 is 10.2 Å². The second kappa shape index (κ2) is 15.8. The van der Waals surface area contributed by atoms with Crippen LogP contribution in [0.25, 0.3) is 0 Å². The zero-order chi connectivity index (χ0) is 9.15. The molecule has 0 spiro atoms. The van der Waals surface area contributed by atoms with Gasteiger partial charge in [0.25, 0.3) is 11.9 Å². The Morgan fingerprint density at radius 1 is 1.00 bits per heavy atom. The van der Waals surface area contributed by atoms with E-state index < -0.39 is 11.9 Å². The standard InChI is InChI=1S/2C2H4O2.O.Zr/c2*1-2(3)4;;/h2*1H3,(H,3,4);;. The van der Waals surface area contributed by atoms with Gasteiger partial charge in [-0.2, -0.15) is 0 Å². The van der Waals surface area contributed by atoms with Crippen molar-refractivity contribution in [3.63, 3.8) is 0 Å². The van der Waals surface area contributed by atoms with Crippen molar-refractivity contribution in [2.45, 2.75) is 13.8 Å². The molecule has 0 aromatic rings. The van der Waals surface area contributed by atoms with Crippen LogP contribution >= 0.6 is 0 Å². The maximum atomic E-state index is 9.00. The van der Waals surface area contributed by atoms with E-state index in [1.807, 2.05) is 0 Å². The number of hydrogen-bond acceptors (Lipinski definition) is 3. The first-order chi connectivity index (χ1) is 4.46. The molecule has 0 aromatic carbocycles. The molecule has 0 atom stereocenters. The van der Waals surface area contributed by atoms with E-state index in [9.17, 15) is 0 Å². The van der Waals surface area contributed by atoms with E-state index in [-0.39, 0.29) is 0 Å². The van der Waals surface area contributed by atoms with Gasteiger partial charge >= 0.3 is 27.5 Å². The van der Waals surface area contributed by atoms with Crippen LogP contribution in [-0.2, 0) is 37.1 Å². The predicted molar refractivity (Wildman–Crippen MR) is 27.3 cm³/mol. The zero-order valence-corrected chi connectivity index (χ0v) is 8.08. The quantitative estimate of drug-likeness (QED) is 0.610. The van der Waals surface area contributed by atoms with Gasteiger partial charge in [0.05, 0.1) is 0 Å². The van der Waals surface area contributed by atoms with Crippen molar-refractivity contribution in [3.8, 4) is 0 Å². The van der Waals surface area contributed by atoms with Crippen molar-refractivity contribution in [2.24, 2.45) is 0 Å². The Bertz CT molecular complexity index is 81.8. The van der Waals surface area contributed by atoms with Gasteiger partial charge in [0.1, 0.15) is 0 Å². The number of hydrogen-bond donors (Lipinski definition) is 2. The molecule has 0 bridgehead atoms. The van der Waals surface area contributed by atoms with Crippen LogP contribution in [0.5, 0.6) is 0 Å². The fourth-order valence-electron chi connectivity index (χ4n) is 0. The molecule has 0 heterocycles. The van der Waals surface area contributed by atoms with E-state index in [0.717, 1.165) is 13.8 Å². The zero-order valence-electron chi connectivity index (χ0n) is 5.62. The Morgan fingerprint density at radius 2 is 1.00 bits per heavy atom. The van der Waals surface area contributed by atoms with Crippen LogP contribution in [0.15, 0.2) is 0 Å². The summed E-state index contributed by atoms with van der Waals surface area (Å²) in [6.07, 6.45) is 0. The molecule has 0 saturated heterocycles. The summed E-state index contributed by atoms with van der Waals surface area (Å²) in [7, 11) is 0. The van der Waals surface area contributed by atoms with E-state index in [2.05, 4.69) is 0 Å². The predicted octanol–water partition coefficient (Wildman–Crippen LogP) is 0.0605. The summed E-state index contributed by atoms with van der Waals surface area (Å²) in [5.74, 6) is -1.67. The van der Waals surface area contributed by atoms with Gasteiger partial charge in [-0.1, -0.05) is 0 Å². The monoisotopic (exact) mass is 226 g/mol. The molecule has 0 amide bonds. The summed E-state index contributed by atoms with van der Waals surface area (Å²) in [5.41, 5.74) is 0. The second-order valence-corrected chi connectivity index (χ2v) is 1.04. The Morgan fingerprint density at radius 3 is 1.00 bits per heavy atom. The second-order valence-electron chi connectivity index (χ2n) is 1.04. The van der Waals surface area contributed by atoms with Crippen molar-refractivity contribution in [2.75, 3.05) is 0 Å². The molecule has 2 N–H and O–H groups in total. The van der Waals surface area contributed by atoms with Crippen molar-refractivity contribution in [1.29, 1.82) is 0 Å². The molecule has 5 nitrogen and oxygen atoms in total. The van der Waals surface area contributed by atoms with Gasteiger partial charge in [0.15, 0.2) is 0 Å². The van der Waals surface area contributed by atoms with Crippen LogP contribution in [0.1, 0.15) is 13.8 Å². The number of rotatable bonds is 0. The molecule has 0 aromatic heterocycles. The van der Waals surface area contributed by atoms with Gasteiger partial charge in [0.2, 0.25) is 0 Å². The molecule has 0 saturated carbocycles. The van der Waals surface area contributed by atoms with Crippen LogP contribution in [0, 0.1) is 0 Å². The average molecular weight is 227 g/mol. The Kier molecular flexibility index (Phi) is 25.9. The first-order valence-electron chi connectivity index (χ1n) is 2.06. The molecule has 10 heavy (non-hydrogen) atoms. The molecule has 0 rings (SSSR count). The van der Waals surface area contributed by atoms with E-state index in [4.69, 9.17) is 22.6 Å². The van der Waals surface area contributed by atoms with E-state index in [1.54, 1.807) is 0 Å². The number of carboxylic acids is 2. The molecule has 0 fully saturated rings. The van der Waals surface area contributed by atoms with Crippen molar-refractivity contribution in [1.82, 2.24) is 0 Å². The first-order valence-corrected chi connectivity index (χ1v) is 3.06. The Balaban J connectivity index is -0.0000000787. The summed E-state index contributed by atoms with van der Waals surface area (Å²) in [6.45, 7) is 2.17. The molecular formula is C4H8O5Zr. The molecule has 0 aliphatic rings. The minimum atomic E-state index is -0.833. The van der Waals surface area contributed by atoms with Crippen molar-refractivity contribution >= 4 is 11.9 Å². The molecule has 6 heteroatoms. The van der Waals surface area contributed by atoms with Crippen LogP contribution in [0.3, 0.4) is 0 Å². The third-order valence-electron chi connectivity index (χ3n) is 0. The summed E-state index contributed by atoms with van der Waals surface area (Å²) in [6, 6.07) is 0. The average Bonchev–Trinajstić information content (AvgIpc) is 1.66. The van der Waals surface area contributed by atoms with Crippen LogP contribution in [0.4, 0.5) is 0 Å². The van der Waals surface area contributed by atoms with Crippen LogP contribution in [0.2, 0.25) is 0 Å². The van der Waals surface area contributed by atoms with Gasteiger partial charge in [-0.05, 0) is 0 Å². The third kappa shape index (κ3) is 2350. The van der Waals surface area contributed by atoms with E-state index >= 15 is 0 Å². The number of aliphatic carboxylic acids is 2. The van der Waals surface area contributed by atoms with Gasteiger partial charge in [0, 0.05) is 13.8 Å². The molecule has 0 aliphatic carbocycles. The Labute approximate surface area is 73.3 Å². The van der Waals surface area contributed by atoms with Gasteiger partial charge in [-0.15, -0.1) is 0 Å². The summed E-state index contributed by atoms with van der Waals surface area (Å²) < 4.78 is 8.34. The fraction of sp³-hybridized carbons (Fsp3) is 0.500. The maximum absolute atomic E-state index is 9.00. The minimum absolute atomic E-state index is 0.300. The molecular weight excluding hydrogens is 219 g/mol. The topological polar surface area (TPSA) is 91.7 Å². The van der Waals surface area contributed by atoms with Crippen LogP contribution in [-0.4, -0.2) is 22.2 Å². The van der Waals surface area contributed by atoms with Crippen LogP contribution < -0.4 is 0 Å². The SMILES string of the molecule is CC(=O)O.CC(=O)O.[O]=[Zr]. The molecule has 0 unspecified atom stereocenters. The normalized spacial score (nSPS) is 5.30. The summed E-state index contributed by atoms with van der Waals surface area (Å²) >= 11 is 0.300. The fourth-order valence-corrected chi connectivity index (χ4v) is 0. The van der Waals surface area contributed by atoms with Crippen molar-refractivity contribution in [3.05, 3.63) is 0 Å². The Hall–Kier alpha value is -0.377. The number of carboxylic acid groups (broad SMARTS) is 2. The van der Waals surface area contributed by atoms with E-state index in [1.165, 1.54) is 0 Å². The third-order valence-corrected chi connectivity index (χ3v) is 0. The number of carbonyl (C=O) groups is 2.